The first kappa shape index (κ1) is 19.5. The van der Waals surface area contributed by atoms with E-state index in [-0.39, 0.29) is 11.9 Å². The van der Waals surface area contributed by atoms with Crippen molar-refractivity contribution in [3.63, 3.8) is 0 Å². The summed E-state index contributed by atoms with van der Waals surface area (Å²) >= 11 is 0. The predicted molar refractivity (Wildman–Crippen MR) is 99.4 cm³/mol. The summed E-state index contributed by atoms with van der Waals surface area (Å²) in [6.45, 7) is 2.52. The molecule has 2 rings (SSSR count). The number of benzene rings is 1. The average Bonchev–Trinajstić information content (AvgIpc) is 2.98. The van der Waals surface area contributed by atoms with Crippen molar-refractivity contribution in [2.24, 2.45) is 0 Å². The number of hydrogen-bond donors (Lipinski definition) is 0. The molecule has 2 amide bonds. The highest BCUT2D eigenvalue weighted by atomic mass is 16.6. The summed E-state index contributed by atoms with van der Waals surface area (Å²) in [4.78, 5) is 25.7. The molecule has 0 saturated carbocycles. The van der Waals surface area contributed by atoms with E-state index < -0.39 is 6.09 Å². The number of ether oxygens (including phenoxy) is 1. The first-order valence-electron chi connectivity index (χ1n) is 9.75. The SMILES string of the molecule is CCCCCCCCCCC(=O)N1C(=O)OC[C@@H]1Cc1ccccc1. The van der Waals surface area contributed by atoms with Crippen LogP contribution in [0.25, 0.3) is 0 Å². The van der Waals surface area contributed by atoms with Gasteiger partial charge < -0.3 is 4.74 Å². The Hall–Kier alpha value is -1.84. The second-order valence-corrected chi connectivity index (χ2v) is 6.91. The van der Waals surface area contributed by atoms with Crippen LogP contribution in [0.4, 0.5) is 4.79 Å². The topological polar surface area (TPSA) is 46.6 Å². The number of hydrogen-bond acceptors (Lipinski definition) is 3. The largest absolute Gasteiger partial charge is 0.447 e. The molecule has 138 valence electrons. The van der Waals surface area contributed by atoms with E-state index in [1.54, 1.807) is 0 Å². The Labute approximate surface area is 151 Å². The molecule has 0 aliphatic carbocycles. The number of carbonyl (C=O) groups is 2. The van der Waals surface area contributed by atoms with Gasteiger partial charge in [-0.2, -0.15) is 0 Å². The second kappa shape index (κ2) is 10.9. The molecule has 0 bridgehead atoms. The zero-order chi connectivity index (χ0) is 17.9. The van der Waals surface area contributed by atoms with E-state index in [0.29, 0.717) is 19.4 Å². The van der Waals surface area contributed by atoms with Gasteiger partial charge in [-0.3, -0.25) is 4.79 Å². The normalized spacial score (nSPS) is 16.9. The van der Waals surface area contributed by atoms with Gasteiger partial charge in [-0.05, 0) is 18.4 Å². The quantitative estimate of drug-likeness (QED) is 0.524. The van der Waals surface area contributed by atoms with Crippen molar-refractivity contribution >= 4 is 12.0 Å². The molecule has 0 radical (unpaired) electrons. The molecule has 25 heavy (non-hydrogen) atoms. The van der Waals surface area contributed by atoms with Crippen LogP contribution in [0.5, 0.6) is 0 Å². The van der Waals surface area contributed by atoms with Crippen molar-refractivity contribution in [3.05, 3.63) is 35.9 Å². The van der Waals surface area contributed by atoms with Crippen LogP contribution in [0.1, 0.15) is 70.3 Å². The summed E-state index contributed by atoms with van der Waals surface area (Å²) in [5.41, 5.74) is 1.12. The lowest BCUT2D eigenvalue weighted by molar-refractivity contribution is -0.129. The molecule has 1 atom stereocenters. The van der Waals surface area contributed by atoms with Gasteiger partial charge >= 0.3 is 6.09 Å². The zero-order valence-corrected chi connectivity index (χ0v) is 15.4. The van der Waals surface area contributed by atoms with E-state index in [0.717, 1.165) is 18.4 Å². The van der Waals surface area contributed by atoms with Crippen LogP contribution in [-0.4, -0.2) is 29.5 Å². The maximum absolute atomic E-state index is 12.5. The molecule has 1 heterocycles. The van der Waals surface area contributed by atoms with Gasteiger partial charge in [0.15, 0.2) is 0 Å². The molecule has 1 aromatic carbocycles. The number of unbranched alkanes of at least 4 members (excludes halogenated alkanes) is 7. The van der Waals surface area contributed by atoms with E-state index in [1.165, 1.54) is 43.4 Å². The molecule has 4 nitrogen and oxygen atoms in total. The molecule has 0 unspecified atom stereocenters. The van der Waals surface area contributed by atoms with Gasteiger partial charge in [0.25, 0.3) is 0 Å². The lowest BCUT2D eigenvalue weighted by Gasteiger charge is -2.19. The Morgan fingerprint density at radius 3 is 2.36 bits per heavy atom. The van der Waals surface area contributed by atoms with Crippen molar-refractivity contribution in [3.8, 4) is 0 Å². The maximum atomic E-state index is 12.5. The molecular formula is C21H31NO3. The Morgan fingerprint density at radius 1 is 1.04 bits per heavy atom. The van der Waals surface area contributed by atoms with Gasteiger partial charge in [0.2, 0.25) is 5.91 Å². The average molecular weight is 345 g/mol. The van der Waals surface area contributed by atoms with Crippen LogP contribution in [-0.2, 0) is 16.0 Å². The van der Waals surface area contributed by atoms with Gasteiger partial charge in [-0.15, -0.1) is 0 Å². The van der Waals surface area contributed by atoms with Crippen molar-refractivity contribution in [2.75, 3.05) is 6.61 Å². The minimum absolute atomic E-state index is 0.0885. The van der Waals surface area contributed by atoms with E-state index >= 15 is 0 Å². The fraction of sp³-hybridized carbons (Fsp3) is 0.619. The number of cyclic esters (lactones) is 1. The molecule has 0 aromatic heterocycles. The molecule has 1 aliphatic rings. The standard InChI is InChI=1S/C21H31NO3/c1-2-3-4-5-6-7-8-12-15-20(23)22-19(17-25-21(22)24)16-18-13-10-9-11-14-18/h9-11,13-14,19H,2-8,12,15-17H2,1H3/t19-/m0/s1. The highest BCUT2D eigenvalue weighted by Gasteiger charge is 2.37. The molecule has 4 heteroatoms. The fourth-order valence-corrected chi connectivity index (χ4v) is 3.33. The van der Waals surface area contributed by atoms with Crippen LogP contribution in [0, 0.1) is 0 Å². The van der Waals surface area contributed by atoms with Crippen LogP contribution in [0.3, 0.4) is 0 Å². The molecule has 1 saturated heterocycles. The van der Waals surface area contributed by atoms with E-state index in [1.807, 2.05) is 30.3 Å². The van der Waals surface area contributed by atoms with Gasteiger partial charge in [-0.25, -0.2) is 9.69 Å². The van der Waals surface area contributed by atoms with Gasteiger partial charge in [0.1, 0.15) is 6.61 Å². The van der Waals surface area contributed by atoms with Crippen LogP contribution >= 0.6 is 0 Å². The maximum Gasteiger partial charge on any atom is 0.416 e. The van der Waals surface area contributed by atoms with Gasteiger partial charge in [-0.1, -0.05) is 82.2 Å². The molecule has 0 N–H and O–H groups in total. The number of carbonyl (C=O) groups excluding carboxylic acids is 2. The number of rotatable bonds is 11. The highest BCUT2D eigenvalue weighted by Crippen LogP contribution is 2.19. The highest BCUT2D eigenvalue weighted by molar-refractivity contribution is 5.93. The number of amides is 2. The second-order valence-electron chi connectivity index (χ2n) is 6.91. The van der Waals surface area contributed by atoms with E-state index in [9.17, 15) is 9.59 Å². The molecule has 1 fully saturated rings. The first-order valence-corrected chi connectivity index (χ1v) is 9.75. The zero-order valence-electron chi connectivity index (χ0n) is 15.4. The monoisotopic (exact) mass is 345 g/mol. The van der Waals surface area contributed by atoms with Gasteiger partial charge in [0.05, 0.1) is 6.04 Å². The third-order valence-electron chi connectivity index (χ3n) is 4.79. The Bertz CT molecular complexity index is 529. The minimum atomic E-state index is -0.481. The summed E-state index contributed by atoms with van der Waals surface area (Å²) < 4.78 is 5.12. The Kier molecular flexibility index (Phi) is 8.50. The molecular weight excluding hydrogens is 314 g/mol. The van der Waals surface area contributed by atoms with Crippen molar-refractivity contribution < 1.29 is 14.3 Å². The van der Waals surface area contributed by atoms with E-state index in [2.05, 4.69) is 6.92 Å². The van der Waals surface area contributed by atoms with Gasteiger partial charge in [0, 0.05) is 6.42 Å². The van der Waals surface area contributed by atoms with E-state index in [4.69, 9.17) is 4.74 Å². The first-order chi connectivity index (χ1) is 12.2. The summed E-state index contributed by atoms with van der Waals surface area (Å²) in [5.74, 6) is -0.0885. The summed E-state index contributed by atoms with van der Waals surface area (Å²) in [6, 6.07) is 9.77. The fourth-order valence-electron chi connectivity index (χ4n) is 3.33. The number of nitrogens with zero attached hydrogens (tertiary/aromatic N) is 1. The smallest absolute Gasteiger partial charge is 0.416 e. The summed E-state index contributed by atoms with van der Waals surface area (Å²) in [7, 11) is 0. The molecule has 1 aromatic rings. The third kappa shape index (κ3) is 6.52. The van der Waals surface area contributed by atoms with Crippen molar-refractivity contribution in [1.82, 2.24) is 4.90 Å². The van der Waals surface area contributed by atoms with Crippen molar-refractivity contribution in [1.29, 1.82) is 0 Å². The summed E-state index contributed by atoms with van der Waals surface area (Å²) in [5, 5.41) is 0. The molecule has 0 spiro atoms. The molecule has 1 aliphatic heterocycles. The van der Waals surface area contributed by atoms with Crippen LogP contribution < -0.4 is 0 Å². The predicted octanol–water partition coefficient (Wildman–Crippen LogP) is 5.11. The minimum Gasteiger partial charge on any atom is -0.447 e. The Morgan fingerprint density at radius 2 is 1.68 bits per heavy atom. The van der Waals surface area contributed by atoms with Crippen molar-refractivity contribution in [2.45, 2.75) is 77.2 Å². The lowest BCUT2D eigenvalue weighted by atomic mass is 10.0. The van der Waals surface area contributed by atoms with Crippen LogP contribution in [0.2, 0.25) is 0 Å². The summed E-state index contributed by atoms with van der Waals surface area (Å²) in [6.07, 6.45) is 10.2. The van der Waals surface area contributed by atoms with Crippen LogP contribution in [0.15, 0.2) is 30.3 Å². The lowest BCUT2D eigenvalue weighted by Crippen LogP contribution is -2.40. The number of imide groups is 1. The third-order valence-corrected chi connectivity index (χ3v) is 4.79. The Balaban J connectivity index is 1.70.